The molecule has 1 aromatic carbocycles. The molecule has 5 heteroatoms. The van der Waals surface area contributed by atoms with Crippen molar-refractivity contribution >= 4 is 23.1 Å². The lowest BCUT2D eigenvalue weighted by atomic mass is 10.1. The number of amides is 1. The first-order chi connectivity index (χ1) is 7.17. The Morgan fingerprint density at radius 2 is 2.07 bits per heavy atom. The molecule has 0 saturated heterocycles. The largest absolute Gasteiger partial charge is 0.291 e. The number of hydrazine groups is 1. The number of alkyl halides is 1. The summed E-state index contributed by atoms with van der Waals surface area (Å²) in [6.07, 6.45) is 1.28. The van der Waals surface area contributed by atoms with Crippen LogP contribution < -0.4 is 11.3 Å². The molecule has 0 heterocycles. The molecule has 1 aromatic rings. The summed E-state index contributed by atoms with van der Waals surface area (Å²) in [5.74, 6) is 4.30. The maximum atomic E-state index is 12.6. The molecule has 80 valence electrons. The molecule has 0 unspecified atom stereocenters. The number of carbonyl (C=O) groups is 1. The van der Waals surface area contributed by atoms with Gasteiger partial charge in [0.2, 0.25) is 0 Å². The summed E-state index contributed by atoms with van der Waals surface area (Å²) in [6, 6.07) is 5.70. The fourth-order valence-electron chi connectivity index (χ4n) is 1.06. The van der Waals surface area contributed by atoms with Crippen LogP contribution in [0.25, 0.3) is 5.57 Å². The zero-order valence-corrected chi connectivity index (χ0v) is 8.59. The monoisotopic (exact) mass is 228 g/mol. The third-order valence-electron chi connectivity index (χ3n) is 1.81. The maximum Gasteiger partial charge on any atom is 0.258 e. The predicted molar refractivity (Wildman–Crippen MR) is 57.4 cm³/mol. The van der Waals surface area contributed by atoms with Gasteiger partial charge in [-0.2, -0.15) is 0 Å². The van der Waals surface area contributed by atoms with E-state index in [0.29, 0.717) is 11.1 Å². The molecule has 0 aliphatic heterocycles. The van der Waals surface area contributed by atoms with Gasteiger partial charge < -0.3 is 0 Å². The molecule has 0 fully saturated rings. The molecule has 15 heavy (non-hydrogen) atoms. The normalized spacial score (nSPS) is 11.3. The maximum absolute atomic E-state index is 12.6. The first-order valence-corrected chi connectivity index (χ1v) is 4.74. The number of carbonyl (C=O) groups excluding carboxylic acids is 1. The average Bonchev–Trinajstić information content (AvgIpc) is 2.27. The minimum Gasteiger partial charge on any atom is -0.291 e. The van der Waals surface area contributed by atoms with Gasteiger partial charge in [0.15, 0.2) is 0 Å². The van der Waals surface area contributed by atoms with Crippen LogP contribution >= 0.6 is 11.6 Å². The fraction of sp³-hybridized carbons (Fsp3) is 0.100. The summed E-state index contributed by atoms with van der Waals surface area (Å²) < 4.78 is 12.6. The minimum absolute atomic E-state index is 0.152. The van der Waals surface area contributed by atoms with Crippen molar-refractivity contribution in [2.75, 3.05) is 5.88 Å². The van der Waals surface area contributed by atoms with E-state index in [2.05, 4.69) is 0 Å². The number of allylic oxidation sites excluding steroid dienone is 1. The van der Waals surface area contributed by atoms with Crippen LogP contribution in [0.4, 0.5) is 4.39 Å². The quantitative estimate of drug-likeness (QED) is 0.270. The van der Waals surface area contributed by atoms with E-state index in [1.165, 1.54) is 18.2 Å². The third-order valence-corrected chi connectivity index (χ3v) is 2.09. The molecule has 3 nitrogen and oxygen atoms in total. The van der Waals surface area contributed by atoms with Gasteiger partial charge in [-0.05, 0) is 23.3 Å². The number of rotatable bonds is 3. The molecule has 0 bridgehead atoms. The molecule has 1 amide bonds. The van der Waals surface area contributed by atoms with Crippen LogP contribution in [-0.4, -0.2) is 11.8 Å². The van der Waals surface area contributed by atoms with Crippen molar-refractivity contribution in [2.24, 2.45) is 5.84 Å². The van der Waals surface area contributed by atoms with E-state index in [-0.39, 0.29) is 11.7 Å². The van der Waals surface area contributed by atoms with E-state index >= 15 is 0 Å². The van der Waals surface area contributed by atoms with Crippen molar-refractivity contribution in [3.8, 4) is 0 Å². The molecule has 1 rings (SSSR count). The van der Waals surface area contributed by atoms with Gasteiger partial charge in [0.05, 0.1) is 0 Å². The SMILES string of the molecule is NNC(=O)C=C(CCl)c1ccc(F)cc1. The van der Waals surface area contributed by atoms with Gasteiger partial charge in [-0.3, -0.25) is 10.2 Å². The van der Waals surface area contributed by atoms with Gasteiger partial charge in [0, 0.05) is 12.0 Å². The number of hydrogen-bond donors (Lipinski definition) is 2. The van der Waals surface area contributed by atoms with Crippen molar-refractivity contribution in [2.45, 2.75) is 0 Å². The molecular weight excluding hydrogens is 219 g/mol. The Morgan fingerprint density at radius 3 is 2.53 bits per heavy atom. The second-order valence-electron chi connectivity index (χ2n) is 2.82. The van der Waals surface area contributed by atoms with Gasteiger partial charge in [-0.1, -0.05) is 12.1 Å². The molecule has 0 saturated carbocycles. The smallest absolute Gasteiger partial charge is 0.258 e. The number of nitrogens with two attached hydrogens (primary N) is 1. The Kier molecular flexibility index (Phi) is 4.27. The summed E-state index contributed by atoms with van der Waals surface area (Å²) >= 11 is 5.66. The number of hydrogen-bond acceptors (Lipinski definition) is 2. The van der Waals surface area contributed by atoms with Crippen LogP contribution in [0.5, 0.6) is 0 Å². The summed E-state index contributed by atoms with van der Waals surface area (Å²) in [5.41, 5.74) is 3.24. The second kappa shape index (κ2) is 5.48. The van der Waals surface area contributed by atoms with Crippen LogP contribution in [0.1, 0.15) is 5.56 Å². The van der Waals surface area contributed by atoms with Gasteiger partial charge in [-0.15, -0.1) is 11.6 Å². The van der Waals surface area contributed by atoms with Crippen LogP contribution in [0.15, 0.2) is 30.3 Å². The van der Waals surface area contributed by atoms with Crippen molar-refractivity contribution in [3.05, 3.63) is 41.7 Å². The molecule has 0 aromatic heterocycles. The van der Waals surface area contributed by atoms with Crippen LogP contribution in [-0.2, 0) is 4.79 Å². The summed E-state index contributed by atoms with van der Waals surface area (Å²) in [4.78, 5) is 11.0. The predicted octanol–water partition coefficient (Wildman–Crippen LogP) is 1.44. The Hall–Kier alpha value is -1.39. The van der Waals surface area contributed by atoms with E-state index in [1.54, 1.807) is 12.1 Å². The molecule has 0 atom stereocenters. The van der Waals surface area contributed by atoms with Gasteiger partial charge in [-0.25, -0.2) is 10.2 Å². The first kappa shape index (κ1) is 11.7. The van der Waals surface area contributed by atoms with Gasteiger partial charge in [0.1, 0.15) is 5.82 Å². The lowest BCUT2D eigenvalue weighted by Gasteiger charge is -2.03. The van der Waals surface area contributed by atoms with Crippen molar-refractivity contribution in [1.29, 1.82) is 0 Å². The Bertz CT molecular complexity index is 376. The summed E-state index contributed by atoms with van der Waals surface area (Å²) in [6.45, 7) is 0. The van der Waals surface area contributed by atoms with E-state index in [4.69, 9.17) is 17.4 Å². The minimum atomic E-state index is -0.449. The van der Waals surface area contributed by atoms with E-state index < -0.39 is 5.91 Å². The van der Waals surface area contributed by atoms with E-state index in [9.17, 15) is 9.18 Å². The standard InChI is InChI=1S/C10H10ClFN2O/c11-6-8(5-10(15)14-13)7-1-3-9(12)4-2-7/h1-5H,6,13H2,(H,14,15). The zero-order valence-electron chi connectivity index (χ0n) is 7.84. The lowest BCUT2D eigenvalue weighted by molar-refractivity contribution is -0.116. The van der Waals surface area contributed by atoms with E-state index in [1.807, 2.05) is 5.43 Å². The Labute approximate surface area is 91.7 Å². The molecule has 0 spiro atoms. The zero-order chi connectivity index (χ0) is 11.3. The fourth-order valence-corrected chi connectivity index (χ4v) is 1.29. The lowest BCUT2D eigenvalue weighted by Crippen LogP contribution is -2.28. The van der Waals surface area contributed by atoms with Crippen LogP contribution in [0, 0.1) is 5.82 Å². The van der Waals surface area contributed by atoms with Gasteiger partial charge >= 0.3 is 0 Å². The Balaban J connectivity index is 2.97. The summed E-state index contributed by atoms with van der Waals surface area (Å²) in [7, 11) is 0. The summed E-state index contributed by atoms with van der Waals surface area (Å²) in [5, 5.41) is 0. The number of benzene rings is 1. The highest BCUT2D eigenvalue weighted by Crippen LogP contribution is 2.16. The number of halogens is 2. The molecule has 0 radical (unpaired) electrons. The molecule has 3 N–H and O–H groups in total. The third kappa shape index (κ3) is 3.34. The van der Waals surface area contributed by atoms with Crippen molar-refractivity contribution < 1.29 is 9.18 Å². The Morgan fingerprint density at radius 1 is 1.47 bits per heavy atom. The second-order valence-corrected chi connectivity index (χ2v) is 3.09. The van der Waals surface area contributed by atoms with Crippen molar-refractivity contribution in [1.82, 2.24) is 5.43 Å². The van der Waals surface area contributed by atoms with Crippen molar-refractivity contribution in [3.63, 3.8) is 0 Å². The highest BCUT2D eigenvalue weighted by Gasteiger charge is 2.03. The van der Waals surface area contributed by atoms with E-state index in [0.717, 1.165) is 0 Å². The number of nitrogens with one attached hydrogen (secondary N) is 1. The highest BCUT2D eigenvalue weighted by atomic mass is 35.5. The van der Waals surface area contributed by atoms with Crippen LogP contribution in [0.2, 0.25) is 0 Å². The highest BCUT2D eigenvalue weighted by molar-refractivity contribution is 6.24. The average molecular weight is 229 g/mol. The van der Waals surface area contributed by atoms with Crippen LogP contribution in [0.3, 0.4) is 0 Å². The first-order valence-electron chi connectivity index (χ1n) is 4.20. The molecule has 0 aliphatic rings. The van der Waals surface area contributed by atoms with Gasteiger partial charge in [0.25, 0.3) is 5.91 Å². The molecular formula is C10H10ClFN2O. The molecule has 0 aliphatic carbocycles. The topological polar surface area (TPSA) is 55.1 Å².